The zero-order chi connectivity index (χ0) is 17.0. The van der Waals surface area contributed by atoms with E-state index in [0.717, 1.165) is 19.8 Å². The van der Waals surface area contributed by atoms with Crippen molar-refractivity contribution in [2.24, 2.45) is 5.92 Å². The third kappa shape index (κ3) is 4.67. The molecule has 0 spiro atoms. The summed E-state index contributed by atoms with van der Waals surface area (Å²) in [4.78, 5) is 10.1. The van der Waals surface area contributed by atoms with Gasteiger partial charge in [-0.3, -0.25) is 9.32 Å². The molecule has 0 aromatic heterocycles. The first-order chi connectivity index (χ1) is 11.6. The predicted molar refractivity (Wildman–Crippen MR) is 75.3 cm³/mol. The van der Waals surface area contributed by atoms with Crippen molar-refractivity contribution in [3.8, 4) is 0 Å². The zero-order valence-corrected chi connectivity index (χ0v) is 14.9. The molecule has 4 bridgehead atoms. The largest absolute Gasteiger partial charge is 0.560 e. The molecule has 24 heavy (non-hydrogen) atoms. The molecule has 6 rings (SSSR count). The van der Waals surface area contributed by atoms with Crippen LogP contribution >= 0.6 is 25.0 Å². The number of carbonyl (C=O) groups excluding carboxylic acids is 1. The van der Waals surface area contributed by atoms with Gasteiger partial charge in [0.1, 0.15) is 0 Å². The summed E-state index contributed by atoms with van der Waals surface area (Å²) >= 11 is 0. The molecule has 12 nitrogen and oxygen atoms in total. The number of fused-ring (bicyclic) bond motifs is 6. The van der Waals surface area contributed by atoms with Crippen LogP contribution in [0.3, 0.4) is 0 Å². The third-order valence-electron chi connectivity index (χ3n) is 3.12. The predicted octanol–water partition coefficient (Wildman–Crippen LogP) is 1.72. The third-order valence-corrected chi connectivity index (χ3v) is 6.38. The lowest BCUT2D eigenvalue weighted by Gasteiger charge is -2.43. The molecule has 0 aromatic rings. The van der Waals surface area contributed by atoms with E-state index in [1.165, 1.54) is 0 Å². The van der Waals surface area contributed by atoms with Gasteiger partial charge in [-0.15, -0.1) is 4.67 Å². The minimum atomic E-state index is -4.37. The molecule has 6 fully saturated rings. The van der Waals surface area contributed by atoms with Crippen LogP contribution in [-0.4, -0.2) is 57.0 Å². The summed E-state index contributed by atoms with van der Waals surface area (Å²) in [5.41, 5.74) is -1.21. The standard InChI is InChI=1S/C5H8O9P2.C4H7O3P/c6-4-12-16(8,14-7)13-5-1-9-15(10-2-5)11-3-5;1-4-2-6-8(5-1)7-3-4/h4,7H,1-3H2;4H,1-3H2. The second-order valence-electron chi connectivity index (χ2n) is 5.03. The van der Waals surface area contributed by atoms with Crippen molar-refractivity contribution < 1.29 is 55.5 Å². The van der Waals surface area contributed by atoms with Crippen LogP contribution in [0.25, 0.3) is 0 Å². The van der Waals surface area contributed by atoms with Gasteiger partial charge >= 0.3 is 31.5 Å². The van der Waals surface area contributed by atoms with E-state index in [2.05, 4.69) is 9.20 Å². The van der Waals surface area contributed by atoms with Crippen molar-refractivity contribution in [3.63, 3.8) is 0 Å². The first kappa shape index (κ1) is 19.0. The fourth-order valence-corrected chi connectivity index (χ4v) is 5.25. The maximum absolute atomic E-state index is 11.5. The van der Waals surface area contributed by atoms with Gasteiger partial charge in [0.2, 0.25) is 0 Å². The Kier molecular flexibility index (Phi) is 6.53. The fraction of sp³-hybridized carbons (Fsp3) is 0.889. The Morgan fingerprint density at radius 2 is 1.50 bits per heavy atom. The van der Waals surface area contributed by atoms with E-state index in [0.29, 0.717) is 5.92 Å². The number of phosphoric ester groups is 1. The molecule has 0 saturated carbocycles. The smallest absolute Gasteiger partial charge is 0.372 e. The first-order valence-corrected chi connectivity index (χ1v) is 10.4. The molecule has 138 valence electrons. The molecule has 6 saturated heterocycles. The lowest BCUT2D eigenvalue weighted by molar-refractivity contribution is -0.195. The van der Waals surface area contributed by atoms with E-state index in [1.54, 1.807) is 0 Å². The summed E-state index contributed by atoms with van der Waals surface area (Å²) in [5.74, 6) is 0.502. The number of carbonyl (C=O) groups is 1. The van der Waals surface area contributed by atoms with Crippen LogP contribution in [-0.2, 0) is 50.2 Å². The van der Waals surface area contributed by atoms with Crippen molar-refractivity contribution in [1.82, 2.24) is 0 Å². The SMILES string of the molecule is C1OP2OCC1CO2.O=COP(=O)(OO)OC12COP(OC1)OC2. The van der Waals surface area contributed by atoms with E-state index < -0.39 is 30.6 Å². The number of phosphoric acid groups is 1. The van der Waals surface area contributed by atoms with Crippen molar-refractivity contribution in [2.45, 2.75) is 5.60 Å². The second kappa shape index (κ2) is 8.26. The van der Waals surface area contributed by atoms with Crippen LogP contribution in [0.15, 0.2) is 0 Å². The maximum atomic E-state index is 11.5. The minimum Gasteiger partial charge on any atom is -0.372 e. The molecule has 1 atom stereocenters. The molecule has 6 heterocycles. The molecule has 0 aliphatic carbocycles. The zero-order valence-electron chi connectivity index (χ0n) is 12.2. The van der Waals surface area contributed by atoms with Crippen molar-refractivity contribution in [3.05, 3.63) is 0 Å². The molecule has 1 N–H and O–H groups in total. The summed E-state index contributed by atoms with van der Waals surface area (Å²) in [7, 11) is -6.65. The topological polar surface area (TPSA) is 137 Å². The number of rotatable bonds is 5. The summed E-state index contributed by atoms with van der Waals surface area (Å²) < 4.78 is 54.4. The van der Waals surface area contributed by atoms with E-state index >= 15 is 0 Å². The van der Waals surface area contributed by atoms with Crippen LogP contribution in [0.4, 0.5) is 0 Å². The van der Waals surface area contributed by atoms with E-state index in [9.17, 15) is 9.36 Å². The van der Waals surface area contributed by atoms with Gasteiger partial charge in [0.05, 0.1) is 39.6 Å². The Bertz CT molecular complexity index is 438. The maximum Gasteiger partial charge on any atom is 0.560 e. The van der Waals surface area contributed by atoms with Crippen molar-refractivity contribution in [2.75, 3.05) is 39.6 Å². The summed E-state index contributed by atoms with van der Waals surface area (Å²) in [6.45, 7) is 2.51. The average Bonchev–Trinajstić information content (AvgIpc) is 2.65. The molecule has 6 aliphatic heterocycles. The molecule has 0 amide bonds. The Labute approximate surface area is 139 Å². The monoisotopic (exact) mass is 408 g/mol. The van der Waals surface area contributed by atoms with Gasteiger partial charge in [-0.1, -0.05) is 0 Å². The highest BCUT2D eigenvalue weighted by atomic mass is 31.2. The molecule has 6 aliphatic rings. The second-order valence-corrected chi connectivity index (χ2v) is 8.92. The minimum absolute atomic E-state index is 0.0499. The fourth-order valence-electron chi connectivity index (χ4n) is 1.93. The van der Waals surface area contributed by atoms with Gasteiger partial charge in [0, 0.05) is 5.92 Å². The summed E-state index contributed by atoms with van der Waals surface area (Å²) in [5, 5.41) is 8.38. The van der Waals surface area contributed by atoms with Crippen LogP contribution in [0, 0.1) is 5.92 Å². The molecule has 1 unspecified atom stereocenters. The van der Waals surface area contributed by atoms with Crippen molar-refractivity contribution in [1.29, 1.82) is 0 Å². The lowest BCUT2D eigenvalue weighted by Crippen LogP contribution is -2.51. The van der Waals surface area contributed by atoms with E-state index in [4.69, 9.17) is 36.9 Å². The van der Waals surface area contributed by atoms with E-state index in [-0.39, 0.29) is 26.3 Å². The Morgan fingerprint density at radius 1 is 1.00 bits per heavy atom. The molecular weight excluding hydrogens is 393 g/mol. The summed E-state index contributed by atoms with van der Waals surface area (Å²) in [6, 6.07) is 0. The van der Waals surface area contributed by atoms with Gasteiger partial charge in [-0.25, -0.2) is 9.82 Å². The highest BCUT2D eigenvalue weighted by molar-refractivity contribution is 7.48. The molecule has 15 heteroatoms. The molecule has 0 radical (unpaired) electrons. The van der Waals surface area contributed by atoms with Crippen LogP contribution in [0.1, 0.15) is 0 Å². The number of hydrogen-bond donors (Lipinski definition) is 1. The number of hydrogen-bond acceptors (Lipinski definition) is 12. The lowest BCUT2D eigenvalue weighted by atomic mass is 10.1. The Balaban J connectivity index is 0.000000175. The van der Waals surface area contributed by atoms with Gasteiger partial charge in [-0.05, 0) is 0 Å². The van der Waals surface area contributed by atoms with Gasteiger partial charge < -0.3 is 31.7 Å². The quantitative estimate of drug-likeness (QED) is 0.307. The normalized spacial score (nSPS) is 39.5. The van der Waals surface area contributed by atoms with Gasteiger partial charge in [0.25, 0.3) is 0 Å². The Morgan fingerprint density at radius 3 is 1.83 bits per heavy atom. The van der Waals surface area contributed by atoms with Crippen LogP contribution in [0.2, 0.25) is 0 Å². The summed E-state index contributed by atoms with van der Waals surface area (Å²) in [6.07, 6.45) is 0. The van der Waals surface area contributed by atoms with Crippen LogP contribution < -0.4 is 0 Å². The molecule has 0 aromatic carbocycles. The Hall–Kier alpha value is 0.200. The van der Waals surface area contributed by atoms with Gasteiger partial charge in [0.15, 0.2) is 5.60 Å². The van der Waals surface area contributed by atoms with Gasteiger partial charge in [-0.2, -0.15) is 0 Å². The van der Waals surface area contributed by atoms with Crippen LogP contribution in [0.5, 0.6) is 0 Å². The first-order valence-electron chi connectivity index (χ1n) is 6.70. The highest BCUT2D eigenvalue weighted by Crippen LogP contribution is 2.58. The molecular formula is C9H15O12P3. The average molecular weight is 408 g/mol. The van der Waals surface area contributed by atoms with E-state index in [1.807, 2.05) is 0 Å². The van der Waals surface area contributed by atoms with Crippen molar-refractivity contribution >= 4 is 31.5 Å². The highest BCUT2D eigenvalue weighted by Gasteiger charge is 2.51.